The molecule has 0 unspecified atom stereocenters. The average molecular weight is 257 g/mol. The Morgan fingerprint density at radius 2 is 2.09 bits per heavy atom. The molecule has 0 fully saturated rings. The van der Waals surface area contributed by atoms with Crippen LogP contribution in [0.3, 0.4) is 0 Å². The number of hydrogen-bond acceptors (Lipinski definition) is 1. The molecule has 1 aromatic rings. The average Bonchev–Trinajstić information content (AvgIpc) is 2.03. The molecule has 2 heteroatoms. The maximum atomic E-state index is 9.88. The van der Waals surface area contributed by atoms with Crippen LogP contribution in [0.5, 0.6) is 0 Å². The van der Waals surface area contributed by atoms with E-state index < -0.39 is 0 Å². The van der Waals surface area contributed by atoms with Gasteiger partial charge in [0.15, 0.2) is 0 Å². The van der Waals surface area contributed by atoms with Crippen molar-refractivity contribution in [2.24, 2.45) is 0 Å². The highest BCUT2D eigenvalue weighted by Crippen LogP contribution is 2.12. The molecule has 0 heterocycles. The van der Waals surface area contributed by atoms with Crippen molar-refractivity contribution >= 4 is 35.0 Å². The van der Waals surface area contributed by atoms with Crippen molar-refractivity contribution in [1.29, 1.82) is 0 Å². The molecule has 0 aromatic heterocycles. The van der Waals surface area contributed by atoms with E-state index in [4.69, 9.17) is 0 Å². The summed E-state index contributed by atoms with van der Waals surface area (Å²) in [6, 6.07) is 7.84. The number of benzene rings is 1. The van der Waals surface area contributed by atoms with Gasteiger partial charge in [-0.15, -0.1) is 0 Å². The van der Waals surface area contributed by atoms with Gasteiger partial charge in [-0.05, 0) is 46.4 Å². The van der Waals surface area contributed by atoms with Crippen LogP contribution in [-0.2, 0) is 4.79 Å². The van der Waals surface area contributed by atoms with Gasteiger partial charge in [-0.3, -0.25) is 4.79 Å². The van der Waals surface area contributed by atoms with Crippen LogP contribution in [0, 0.1) is 3.57 Å². The number of carbonyl (C=O) groups excluding carboxylic acids is 1. The Hall–Kier alpha value is -0.640. The zero-order chi connectivity index (χ0) is 8.10. The van der Waals surface area contributed by atoms with Crippen molar-refractivity contribution < 1.29 is 4.79 Å². The van der Waals surface area contributed by atoms with Crippen molar-refractivity contribution in [3.05, 3.63) is 39.5 Å². The van der Waals surface area contributed by atoms with E-state index in [1.165, 1.54) is 6.08 Å². The molecule has 0 saturated heterocycles. The lowest BCUT2D eigenvalue weighted by Gasteiger charge is -1.94. The first kappa shape index (κ1) is 8.46. The minimum Gasteiger partial charge on any atom is -0.286 e. The number of rotatable bonds is 2. The first-order valence-electron chi connectivity index (χ1n) is 3.13. The molecule has 1 rings (SSSR count). The number of allylic oxidation sites excluding steroid dienone is 1. The predicted octanol–water partition coefficient (Wildman–Crippen LogP) is 2.41. The molecule has 0 saturated carbocycles. The van der Waals surface area contributed by atoms with Gasteiger partial charge in [0.2, 0.25) is 6.29 Å². The summed E-state index contributed by atoms with van der Waals surface area (Å²) in [6.45, 7) is 0. The minimum absolute atomic E-state index is 1.05. The van der Waals surface area contributed by atoms with E-state index in [-0.39, 0.29) is 0 Å². The monoisotopic (exact) mass is 257 g/mol. The third kappa shape index (κ3) is 2.46. The molecule has 0 N–H and O–H groups in total. The largest absolute Gasteiger partial charge is 0.286 e. The minimum atomic E-state index is 1.05. The second-order valence-corrected chi connectivity index (χ2v) is 3.13. The van der Waals surface area contributed by atoms with Crippen molar-refractivity contribution in [3.63, 3.8) is 0 Å². The van der Waals surface area contributed by atoms with Crippen molar-refractivity contribution in [2.45, 2.75) is 0 Å². The highest BCUT2D eigenvalue weighted by Gasteiger charge is 1.90. The van der Waals surface area contributed by atoms with Crippen LogP contribution in [0.1, 0.15) is 5.56 Å². The van der Waals surface area contributed by atoms with Crippen LogP contribution in [0.2, 0.25) is 0 Å². The second-order valence-electron chi connectivity index (χ2n) is 1.97. The van der Waals surface area contributed by atoms with E-state index in [0.717, 1.165) is 9.13 Å². The zero-order valence-corrected chi connectivity index (χ0v) is 7.91. The third-order valence-electron chi connectivity index (χ3n) is 1.24. The quantitative estimate of drug-likeness (QED) is 0.587. The molecule has 0 atom stereocenters. The molecule has 0 aliphatic rings. The molecule has 55 valence electrons. The van der Waals surface area contributed by atoms with Crippen molar-refractivity contribution in [1.82, 2.24) is 0 Å². The molecular weight excluding hydrogens is 251 g/mol. The molecule has 0 bridgehead atoms. The Morgan fingerprint density at radius 1 is 1.36 bits per heavy atom. The lowest BCUT2D eigenvalue weighted by atomic mass is 10.2. The van der Waals surface area contributed by atoms with Crippen LogP contribution < -0.4 is 0 Å². The van der Waals surface area contributed by atoms with Crippen LogP contribution in [-0.4, -0.2) is 6.29 Å². The fourth-order valence-corrected chi connectivity index (χ4v) is 1.30. The van der Waals surface area contributed by atoms with Gasteiger partial charge in [0, 0.05) is 3.57 Å². The zero-order valence-electron chi connectivity index (χ0n) is 5.75. The summed E-state index contributed by atoms with van der Waals surface area (Å²) >= 11 is 2.22. The predicted molar refractivity (Wildman–Crippen MR) is 53.9 cm³/mol. The lowest BCUT2D eigenvalue weighted by molar-refractivity contribution is 0.564. The second kappa shape index (κ2) is 4.28. The highest BCUT2D eigenvalue weighted by molar-refractivity contribution is 14.1. The van der Waals surface area contributed by atoms with E-state index in [9.17, 15) is 4.79 Å². The summed E-state index contributed by atoms with van der Waals surface area (Å²) < 4.78 is 1.14. The van der Waals surface area contributed by atoms with Crippen LogP contribution in [0.25, 0.3) is 6.08 Å². The van der Waals surface area contributed by atoms with Crippen LogP contribution >= 0.6 is 22.6 Å². The van der Waals surface area contributed by atoms with Gasteiger partial charge >= 0.3 is 0 Å². The molecule has 1 nitrogen and oxygen atoms in total. The van der Waals surface area contributed by atoms with Gasteiger partial charge in [-0.25, -0.2) is 0 Å². The molecule has 0 aliphatic heterocycles. The summed E-state index contributed by atoms with van der Waals surface area (Å²) in [5.74, 6) is 0. The Kier molecular flexibility index (Phi) is 3.29. The summed E-state index contributed by atoms with van der Waals surface area (Å²) in [5, 5.41) is 0. The summed E-state index contributed by atoms with van der Waals surface area (Å²) in [7, 11) is 0. The van der Waals surface area contributed by atoms with Crippen LogP contribution in [0.4, 0.5) is 0 Å². The van der Waals surface area contributed by atoms with Gasteiger partial charge in [-0.2, -0.15) is 0 Å². The fourth-order valence-electron chi connectivity index (χ4n) is 0.734. The summed E-state index contributed by atoms with van der Waals surface area (Å²) in [5.41, 5.74) is 1.05. The molecule has 11 heavy (non-hydrogen) atoms. The van der Waals surface area contributed by atoms with Gasteiger partial charge in [0.05, 0.1) is 0 Å². The van der Waals surface area contributed by atoms with E-state index >= 15 is 0 Å². The number of hydrogen-bond donors (Lipinski definition) is 0. The number of halogens is 1. The molecule has 0 spiro atoms. The Bertz CT molecular complexity index is 279. The molecule has 0 aliphatic carbocycles. The maximum absolute atomic E-state index is 9.88. The summed E-state index contributed by atoms with van der Waals surface area (Å²) in [6.07, 6.45) is 4.83. The normalized spacial score (nSPS) is 10.3. The van der Waals surface area contributed by atoms with Gasteiger partial charge < -0.3 is 0 Å². The SMILES string of the molecule is O=[C]C=Cc1ccccc1I. The topological polar surface area (TPSA) is 17.1 Å². The molecular formula is C9H6IO. The molecule has 1 radical (unpaired) electrons. The first-order chi connectivity index (χ1) is 5.34. The third-order valence-corrected chi connectivity index (χ3v) is 2.22. The van der Waals surface area contributed by atoms with Gasteiger partial charge in [-0.1, -0.05) is 18.2 Å². The van der Waals surface area contributed by atoms with E-state index in [2.05, 4.69) is 22.6 Å². The Labute approximate surface area is 79.3 Å². The first-order valence-corrected chi connectivity index (χ1v) is 4.21. The maximum Gasteiger partial charge on any atom is 0.225 e. The molecule has 1 aromatic carbocycles. The standard InChI is InChI=1S/C9H6IO/c10-9-6-2-1-4-8(9)5-3-7-11/h1-6H. The fraction of sp³-hybridized carbons (Fsp3) is 0. The lowest BCUT2D eigenvalue weighted by Crippen LogP contribution is -1.76. The highest BCUT2D eigenvalue weighted by atomic mass is 127. The smallest absolute Gasteiger partial charge is 0.225 e. The van der Waals surface area contributed by atoms with Crippen molar-refractivity contribution in [2.75, 3.05) is 0 Å². The van der Waals surface area contributed by atoms with Crippen molar-refractivity contribution in [3.8, 4) is 0 Å². The summed E-state index contributed by atoms with van der Waals surface area (Å²) in [4.78, 5) is 9.88. The van der Waals surface area contributed by atoms with E-state index in [0.29, 0.717) is 0 Å². The Morgan fingerprint density at radius 3 is 2.73 bits per heavy atom. The Balaban J connectivity index is 2.94. The van der Waals surface area contributed by atoms with E-state index in [1.807, 2.05) is 24.3 Å². The van der Waals surface area contributed by atoms with Gasteiger partial charge in [0.1, 0.15) is 0 Å². The van der Waals surface area contributed by atoms with Crippen LogP contribution in [0.15, 0.2) is 30.3 Å². The van der Waals surface area contributed by atoms with Gasteiger partial charge in [0.25, 0.3) is 0 Å². The molecule has 0 amide bonds. The van der Waals surface area contributed by atoms with E-state index in [1.54, 1.807) is 12.4 Å².